The van der Waals surface area contributed by atoms with Gasteiger partial charge in [0.2, 0.25) is 0 Å². The third-order valence-electron chi connectivity index (χ3n) is 4.23. The van der Waals surface area contributed by atoms with Gasteiger partial charge in [0.05, 0.1) is 0 Å². The van der Waals surface area contributed by atoms with Gasteiger partial charge in [0.25, 0.3) is 0 Å². The first-order chi connectivity index (χ1) is 11.3. The Labute approximate surface area is 138 Å². The molecule has 0 aromatic heterocycles. The number of hydrogen-bond acceptors (Lipinski definition) is 1. The molecule has 116 valence electrons. The van der Waals surface area contributed by atoms with Crippen molar-refractivity contribution in [3.05, 3.63) is 78.4 Å². The van der Waals surface area contributed by atoms with E-state index < -0.39 is 0 Å². The second-order valence-electron chi connectivity index (χ2n) is 5.94. The van der Waals surface area contributed by atoms with Crippen LogP contribution in [0.3, 0.4) is 0 Å². The maximum absolute atomic E-state index is 6.54. The van der Waals surface area contributed by atoms with Crippen LogP contribution in [0.15, 0.2) is 72.8 Å². The molecule has 0 radical (unpaired) electrons. The molecule has 1 nitrogen and oxygen atoms in total. The quantitative estimate of drug-likeness (QED) is 0.579. The molecule has 0 heterocycles. The summed E-state index contributed by atoms with van der Waals surface area (Å²) in [4.78, 5) is 0. The third kappa shape index (κ3) is 3.45. The number of unbranched alkanes of at least 4 members (excludes halogenated alkanes) is 1. The Hall–Kier alpha value is -2.54. The molecule has 0 amide bonds. The molecule has 0 aliphatic heterocycles. The van der Waals surface area contributed by atoms with E-state index in [9.17, 15) is 0 Å². The van der Waals surface area contributed by atoms with Crippen LogP contribution in [0.1, 0.15) is 25.3 Å². The summed E-state index contributed by atoms with van der Waals surface area (Å²) in [6, 6.07) is 25.4. The average Bonchev–Trinajstić information content (AvgIpc) is 2.62. The van der Waals surface area contributed by atoms with Crippen LogP contribution in [0.5, 0.6) is 0 Å². The van der Waals surface area contributed by atoms with E-state index in [-0.39, 0.29) is 0 Å². The molecule has 0 bridgehead atoms. The van der Waals surface area contributed by atoms with Crippen molar-refractivity contribution in [1.82, 2.24) is 0 Å². The van der Waals surface area contributed by atoms with Crippen molar-refractivity contribution < 1.29 is 0 Å². The largest absolute Gasteiger partial charge is 0.398 e. The summed E-state index contributed by atoms with van der Waals surface area (Å²) in [5, 5.41) is 0. The summed E-state index contributed by atoms with van der Waals surface area (Å²) in [6.07, 6.45) is 3.49. The zero-order valence-electron chi connectivity index (χ0n) is 13.6. The van der Waals surface area contributed by atoms with Crippen molar-refractivity contribution in [1.29, 1.82) is 0 Å². The van der Waals surface area contributed by atoms with Crippen LogP contribution in [-0.4, -0.2) is 0 Å². The summed E-state index contributed by atoms with van der Waals surface area (Å²) in [6.45, 7) is 2.23. The summed E-state index contributed by atoms with van der Waals surface area (Å²) < 4.78 is 0. The minimum atomic E-state index is 0.864. The van der Waals surface area contributed by atoms with Gasteiger partial charge in [-0.15, -0.1) is 0 Å². The van der Waals surface area contributed by atoms with Crippen LogP contribution >= 0.6 is 0 Å². The van der Waals surface area contributed by atoms with Crippen LogP contribution in [0.4, 0.5) is 5.69 Å². The van der Waals surface area contributed by atoms with E-state index in [1.54, 1.807) is 0 Å². The van der Waals surface area contributed by atoms with Crippen LogP contribution in [-0.2, 0) is 6.42 Å². The molecule has 0 aliphatic carbocycles. The fourth-order valence-corrected chi connectivity index (χ4v) is 2.95. The van der Waals surface area contributed by atoms with Gasteiger partial charge < -0.3 is 5.73 Å². The molecular weight excluding hydrogens is 278 g/mol. The monoisotopic (exact) mass is 301 g/mol. The number of anilines is 1. The molecule has 3 aromatic carbocycles. The van der Waals surface area contributed by atoms with Crippen molar-refractivity contribution in [3.63, 3.8) is 0 Å². The number of benzene rings is 3. The van der Waals surface area contributed by atoms with Gasteiger partial charge >= 0.3 is 0 Å². The second kappa shape index (κ2) is 7.15. The van der Waals surface area contributed by atoms with Crippen LogP contribution in [0, 0.1) is 0 Å². The standard InChI is InChI=1S/C22H23N/c1-2-3-10-17-15-20(18-11-6-4-7-12-18)22(23)21(16-17)19-13-8-5-9-14-19/h4-9,11-16H,2-3,10,23H2,1H3. The smallest absolute Gasteiger partial charge is 0.0473 e. The number of nitrogen functional groups attached to an aromatic ring is 1. The first-order valence-electron chi connectivity index (χ1n) is 8.33. The van der Waals surface area contributed by atoms with Gasteiger partial charge in [0.15, 0.2) is 0 Å². The highest BCUT2D eigenvalue weighted by atomic mass is 14.6. The number of aryl methyl sites for hydroxylation is 1. The van der Waals surface area contributed by atoms with Gasteiger partial charge in [-0.25, -0.2) is 0 Å². The SMILES string of the molecule is CCCCc1cc(-c2ccccc2)c(N)c(-c2ccccc2)c1. The number of nitrogens with two attached hydrogens (primary N) is 1. The van der Waals surface area contributed by atoms with Crippen molar-refractivity contribution >= 4 is 5.69 Å². The Morgan fingerprint density at radius 3 is 1.65 bits per heavy atom. The van der Waals surface area contributed by atoms with E-state index in [2.05, 4.69) is 67.6 Å². The lowest BCUT2D eigenvalue weighted by molar-refractivity contribution is 0.795. The van der Waals surface area contributed by atoms with Gasteiger partial charge in [-0.1, -0.05) is 74.0 Å². The lowest BCUT2D eigenvalue weighted by atomic mass is 9.92. The number of rotatable bonds is 5. The molecule has 23 heavy (non-hydrogen) atoms. The van der Waals surface area contributed by atoms with Crippen LogP contribution in [0.25, 0.3) is 22.3 Å². The molecule has 3 rings (SSSR count). The molecular formula is C22H23N. The van der Waals surface area contributed by atoms with Crippen molar-refractivity contribution in [2.45, 2.75) is 26.2 Å². The minimum Gasteiger partial charge on any atom is -0.398 e. The molecule has 0 unspecified atom stereocenters. The molecule has 0 saturated carbocycles. The number of hydrogen-bond donors (Lipinski definition) is 1. The Kier molecular flexibility index (Phi) is 4.77. The summed E-state index contributed by atoms with van der Waals surface area (Å²) >= 11 is 0. The van der Waals surface area contributed by atoms with Crippen molar-refractivity contribution in [2.24, 2.45) is 0 Å². The molecule has 2 N–H and O–H groups in total. The average molecular weight is 301 g/mol. The molecule has 0 atom stereocenters. The Morgan fingerprint density at radius 2 is 1.22 bits per heavy atom. The molecule has 0 spiro atoms. The summed E-state index contributed by atoms with van der Waals surface area (Å²) in [5.74, 6) is 0. The molecule has 3 aromatic rings. The Bertz CT molecular complexity index is 700. The Morgan fingerprint density at radius 1 is 0.739 bits per heavy atom. The Balaban J connectivity index is 2.15. The summed E-state index contributed by atoms with van der Waals surface area (Å²) in [5.41, 5.74) is 13.4. The molecule has 0 fully saturated rings. The van der Waals surface area contributed by atoms with E-state index in [4.69, 9.17) is 5.73 Å². The van der Waals surface area contributed by atoms with Gasteiger partial charge in [-0.2, -0.15) is 0 Å². The fourth-order valence-electron chi connectivity index (χ4n) is 2.95. The lowest BCUT2D eigenvalue weighted by Gasteiger charge is -2.15. The third-order valence-corrected chi connectivity index (χ3v) is 4.23. The van der Waals surface area contributed by atoms with Crippen LogP contribution in [0.2, 0.25) is 0 Å². The highest BCUT2D eigenvalue weighted by Crippen LogP contribution is 2.36. The van der Waals surface area contributed by atoms with E-state index in [1.165, 1.54) is 29.5 Å². The van der Waals surface area contributed by atoms with E-state index in [0.29, 0.717) is 0 Å². The maximum atomic E-state index is 6.54. The van der Waals surface area contributed by atoms with E-state index >= 15 is 0 Å². The predicted octanol–water partition coefficient (Wildman–Crippen LogP) is 5.95. The molecule has 0 saturated heterocycles. The predicted molar refractivity (Wildman–Crippen MR) is 100 cm³/mol. The fraction of sp³-hybridized carbons (Fsp3) is 0.182. The van der Waals surface area contributed by atoms with Gasteiger partial charge in [-0.05, 0) is 41.7 Å². The van der Waals surface area contributed by atoms with Gasteiger partial charge in [0, 0.05) is 16.8 Å². The topological polar surface area (TPSA) is 26.0 Å². The molecule has 0 aliphatic rings. The maximum Gasteiger partial charge on any atom is 0.0473 e. The lowest BCUT2D eigenvalue weighted by Crippen LogP contribution is -1.97. The first-order valence-corrected chi connectivity index (χ1v) is 8.33. The molecule has 1 heteroatoms. The van der Waals surface area contributed by atoms with Crippen molar-refractivity contribution in [3.8, 4) is 22.3 Å². The minimum absolute atomic E-state index is 0.864. The highest BCUT2D eigenvalue weighted by molar-refractivity contribution is 5.89. The van der Waals surface area contributed by atoms with Crippen molar-refractivity contribution in [2.75, 3.05) is 5.73 Å². The highest BCUT2D eigenvalue weighted by Gasteiger charge is 2.11. The normalized spacial score (nSPS) is 10.7. The zero-order chi connectivity index (χ0) is 16.1. The van der Waals surface area contributed by atoms with Crippen LogP contribution < -0.4 is 5.73 Å². The van der Waals surface area contributed by atoms with E-state index in [1.807, 2.05) is 12.1 Å². The second-order valence-corrected chi connectivity index (χ2v) is 5.94. The zero-order valence-corrected chi connectivity index (χ0v) is 13.6. The van der Waals surface area contributed by atoms with Gasteiger partial charge in [0.1, 0.15) is 0 Å². The first kappa shape index (κ1) is 15.4. The van der Waals surface area contributed by atoms with E-state index in [0.717, 1.165) is 23.2 Å². The summed E-state index contributed by atoms with van der Waals surface area (Å²) in [7, 11) is 0. The van der Waals surface area contributed by atoms with Gasteiger partial charge in [-0.3, -0.25) is 0 Å².